The molecule has 178 valence electrons. The molecule has 0 aliphatic rings. The molecule has 0 radical (unpaired) electrons. The Hall–Kier alpha value is -3.98. The van der Waals surface area contributed by atoms with E-state index in [1.54, 1.807) is 0 Å². The first-order valence-electron chi connectivity index (χ1n) is 9.00. The Bertz CT molecular complexity index is 1500. The van der Waals surface area contributed by atoms with Crippen LogP contribution in [0.15, 0.2) is 74.7 Å². The number of methoxy groups -OCH3 is 1. The summed E-state index contributed by atoms with van der Waals surface area (Å²) in [5.41, 5.74) is -1.58. The molecule has 2 N–H and O–H groups in total. The SMILES string of the molecule is COc1ccc(S(=O)(=O)Nc2ccc(N=O)c(F)c2)cc1S(=O)(=O)Nc1ccc(N=O)c(F)c1. The van der Waals surface area contributed by atoms with E-state index in [1.165, 1.54) is 0 Å². The molecule has 0 bridgehead atoms. The summed E-state index contributed by atoms with van der Waals surface area (Å²) >= 11 is 0. The van der Waals surface area contributed by atoms with Crippen molar-refractivity contribution in [2.75, 3.05) is 16.6 Å². The molecule has 3 aromatic rings. The Kier molecular flexibility index (Phi) is 6.88. The predicted molar refractivity (Wildman–Crippen MR) is 118 cm³/mol. The first-order chi connectivity index (χ1) is 16.0. The highest BCUT2D eigenvalue weighted by molar-refractivity contribution is 7.93. The van der Waals surface area contributed by atoms with E-state index in [0.717, 1.165) is 61.7 Å². The Labute approximate surface area is 191 Å². The molecule has 0 saturated heterocycles. The fourth-order valence-corrected chi connectivity index (χ4v) is 5.14. The fourth-order valence-electron chi connectivity index (χ4n) is 2.75. The van der Waals surface area contributed by atoms with Gasteiger partial charge in [-0.15, -0.1) is 9.81 Å². The minimum atomic E-state index is -4.51. The summed E-state index contributed by atoms with van der Waals surface area (Å²) in [6.45, 7) is 0. The standard InChI is InChI=1S/C19H14F2N4O7S2/c1-32-18-7-4-13(33(28,29)24-11-2-5-16(22-26)14(20)8-11)10-19(18)34(30,31)25-12-3-6-17(23-27)15(21)9-12/h2-10,24-25H,1H3. The molecule has 0 heterocycles. The Morgan fingerprint density at radius 3 is 1.68 bits per heavy atom. The second-order valence-electron chi connectivity index (χ2n) is 6.54. The van der Waals surface area contributed by atoms with Crippen LogP contribution < -0.4 is 14.2 Å². The summed E-state index contributed by atoms with van der Waals surface area (Å²) in [6, 6.07) is 8.42. The van der Waals surface area contributed by atoms with E-state index >= 15 is 0 Å². The molecule has 0 unspecified atom stereocenters. The molecule has 0 aliphatic heterocycles. The van der Waals surface area contributed by atoms with Crippen molar-refractivity contribution in [3.63, 3.8) is 0 Å². The van der Waals surface area contributed by atoms with E-state index in [-0.39, 0.29) is 17.1 Å². The minimum absolute atomic E-state index is 0.231. The normalized spacial score (nSPS) is 11.5. The number of ether oxygens (including phenoxy) is 1. The van der Waals surface area contributed by atoms with E-state index in [4.69, 9.17) is 4.74 Å². The average molecular weight is 512 g/mol. The molecule has 11 nitrogen and oxygen atoms in total. The maximum absolute atomic E-state index is 13.8. The summed E-state index contributed by atoms with van der Waals surface area (Å²) < 4.78 is 87.9. The van der Waals surface area contributed by atoms with Crippen LogP contribution >= 0.6 is 0 Å². The maximum atomic E-state index is 13.8. The second kappa shape index (κ2) is 9.48. The van der Waals surface area contributed by atoms with Crippen LogP contribution in [0.2, 0.25) is 0 Å². The van der Waals surface area contributed by atoms with Crippen LogP contribution in [0.1, 0.15) is 0 Å². The van der Waals surface area contributed by atoms with Gasteiger partial charge < -0.3 is 4.74 Å². The van der Waals surface area contributed by atoms with Crippen LogP contribution in [0.25, 0.3) is 0 Å². The third kappa shape index (κ3) is 5.15. The van der Waals surface area contributed by atoms with Gasteiger partial charge in [-0.05, 0) is 52.8 Å². The summed E-state index contributed by atoms with van der Waals surface area (Å²) in [7, 11) is -7.79. The maximum Gasteiger partial charge on any atom is 0.265 e. The zero-order valence-corrected chi connectivity index (χ0v) is 18.7. The van der Waals surface area contributed by atoms with E-state index in [0.29, 0.717) is 0 Å². The first-order valence-corrected chi connectivity index (χ1v) is 12.0. The van der Waals surface area contributed by atoms with Crippen LogP contribution in [0.4, 0.5) is 31.5 Å². The average Bonchev–Trinajstić information content (AvgIpc) is 2.78. The lowest BCUT2D eigenvalue weighted by atomic mass is 10.3. The molecular weight excluding hydrogens is 498 g/mol. The number of rotatable bonds is 9. The van der Waals surface area contributed by atoms with Gasteiger partial charge in [0.1, 0.15) is 22.0 Å². The van der Waals surface area contributed by atoms with Gasteiger partial charge >= 0.3 is 0 Å². The van der Waals surface area contributed by atoms with Crippen molar-refractivity contribution in [3.05, 3.63) is 76.0 Å². The number of nitrogens with zero attached hydrogens (tertiary/aromatic N) is 2. The number of hydrogen-bond donors (Lipinski definition) is 2. The third-order valence-corrected chi connectivity index (χ3v) is 7.11. The Morgan fingerprint density at radius 1 is 0.735 bits per heavy atom. The lowest BCUT2D eigenvalue weighted by Crippen LogP contribution is -2.17. The third-order valence-electron chi connectivity index (χ3n) is 4.33. The molecule has 0 fully saturated rings. The van der Waals surface area contributed by atoms with Crippen molar-refractivity contribution in [3.8, 4) is 5.75 Å². The lowest BCUT2D eigenvalue weighted by molar-refractivity contribution is 0.402. The van der Waals surface area contributed by atoms with E-state index < -0.39 is 52.8 Å². The molecule has 0 aliphatic carbocycles. The van der Waals surface area contributed by atoms with Crippen molar-refractivity contribution in [1.29, 1.82) is 0 Å². The number of nitrogens with one attached hydrogen (secondary N) is 2. The van der Waals surface area contributed by atoms with E-state index in [2.05, 4.69) is 19.8 Å². The Balaban J connectivity index is 1.98. The first kappa shape index (κ1) is 24.7. The molecule has 3 aromatic carbocycles. The zero-order chi connectivity index (χ0) is 25.1. The van der Waals surface area contributed by atoms with Crippen molar-refractivity contribution >= 4 is 42.8 Å². The molecular formula is C19H14F2N4O7S2. The van der Waals surface area contributed by atoms with Gasteiger partial charge in [0.2, 0.25) is 0 Å². The Morgan fingerprint density at radius 2 is 1.24 bits per heavy atom. The molecule has 15 heteroatoms. The van der Waals surface area contributed by atoms with Crippen LogP contribution in [-0.2, 0) is 20.0 Å². The molecule has 0 atom stereocenters. The van der Waals surface area contributed by atoms with Crippen LogP contribution in [0.5, 0.6) is 5.75 Å². The van der Waals surface area contributed by atoms with Crippen molar-refractivity contribution in [2.45, 2.75) is 9.79 Å². The topological polar surface area (TPSA) is 160 Å². The van der Waals surface area contributed by atoms with Gasteiger partial charge in [0.05, 0.1) is 23.4 Å². The van der Waals surface area contributed by atoms with Crippen LogP contribution in [0.3, 0.4) is 0 Å². The molecule has 0 aromatic heterocycles. The van der Waals surface area contributed by atoms with E-state index in [9.17, 15) is 35.4 Å². The van der Waals surface area contributed by atoms with Gasteiger partial charge in [0, 0.05) is 12.1 Å². The van der Waals surface area contributed by atoms with E-state index in [1.807, 2.05) is 0 Å². The number of halogens is 2. The van der Waals surface area contributed by atoms with Gasteiger partial charge in [-0.25, -0.2) is 25.6 Å². The van der Waals surface area contributed by atoms with Crippen molar-refractivity contribution < 1.29 is 30.4 Å². The number of sulfonamides is 2. The quantitative estimate of drug-likeness (QED) is 0.402. The monoisotopic (exact) mass is 512 g/mol. The number of hydrogen-bond acceptors (Lipinski definition) is 9. The largest absolute Gasteiger partial charge is 0.495 e. The number of benzene rings is 3. The zero-order valence-electron chi connectivity index (χ0n) is 17.0. The van der Waals surface area contributed by atoms with Crippen LogP contribution in [0, 0.1) is 21.4 Å². The van der Waals surface area contributed by atoms with Gasteiger partial charge in [0.25, 0.3) is 20.0 Å². The highest BCUT2D eigenvalue weighted by Crippen LogP contribution is 2.31. The predicted octanol–water partition coefficient (Wildman–Crippen LogP) is 4.37. The molecule has 0 amide bonds. The number of anilines is 2. The molecule has 0 spiro atoms. The molecule has 34 heavy (non-hydrogen) atoms. The fraction of sp³-hybridized carbons (Fsp3) is 0.0526. The van der Waals surface area contributed by atoms with Crippen molar-refractivity contribution in [1.82, 2.24) is 0 Å². The second-order valence-corrected chi connectivity index (χ2v) is 9.87. The van der Waals surface area contributed by atoms with Gasteiger partial charge in [-0.3, -0.25) is 9.44 Å². The summed E-state index contributed by atoms with van der Waals surface area (Å²) in [5, 5.41) is 4.88. The van der Waals surface area contributed by atoms with Crippen LogP contribution in [-0.4, -0.2) is 23.9 Å². The highest BCUT2D eigenvalue weighted by atomic mass is 32.2. The molecule has 0 saturated carbocycles. The summed E-state index contributed by atoms with van der Waals surface area (Å²) in [6.07, 6.45) is 0. The smallest absolute Gasteiger partial charge is 0.265 e. The van der Waals surface area contributed by atoms with Crippen molar-refractivity contribution in [2.24, 2.45) is 10.4 Å². The van der Waals surface area contributed by atoms with Gasteiger partial charge in [-0.1, -0.05) is 0 Å². The summed E-state index contributed by atoms with van der Waals surface area (Å²) in [5.74, 6) is -2.38. The van der Waals surface area contributed by atoms with Gasteiger partial charge in [0.15, 0.2) is 11.6 Å². The number of nitroso groups, excluding NO2 is 2. The summed E-state index contributed by atoms with van der Waals surface area (Å²) in [4.78, 5) is 19.8. The highest BCUT2D eigenvalue weighted by Gasteiger charge is 2.25. The minimum Gasteiger partial charge on any atom is -0.495 e. The van der Waals surface area contributed by atoms with Gasteiger partial charge in [-0.2, -0.15) is 0 Å². The molecule has 3 rings (SSSR count). The lowest BCUT2D eigenvalue weighted by Gasteiger charge is -2.14.